The maximum absolute atomic E-state index is 11.4. The molecule has 0 aliphatic carbocycles. The summed E-state index contributed by atoms with van der Waals surface area (Å²) in [4.78, 5) is 2.37. The van der Waals surface area contributed by atoms with Crippen molar-refractivity contribution in [3.63, 3.8) is 0 Å². The average molecular weight is 754 g/mol. The zero-order valence-corrected chi connectivity index (χ0v) is 33.2. The second kappa shape index (κ2) is 16.9. The topological polar surface area (TPSA) is 97.9 Å². The van der Waals surface area contributed by atoms with E-state index in [-0.39, 0.29) is 22.3 Å². The number of unbranched alkanes of at least 4 members (excludes halogenated alkanes) is 2. The van der Waals surface area contributed by atoms with Gasteiger partial charge < -0.3 is 9.45 Å². The number of hydrogen-bond acceptors (Lipinski definition) is 4. The third-order valence-electron chi connectivity index (χ3n) is 10.3. The van der Waals surface area contributed by atoms with Crippen LogP contribution in [0.2, 0.25) is 0 Å². The number of anilines is 1. The van der Waals surface area contributed by atoms with Crippen LogP contribution in [-0.4, -0.2) is 56.6 Å². The quantitative estimate of drug-likeness (QED) is 0.0497. The zero-order chi connectivity index (χ0) is 38.4. The van der Waals surface area contributed by atoms with Gasteiger partial charge in [-0.25, -0.2) is 4.21 Å². The normalized spacial score (nSPS) is 18.1. The van der Waals surface area contributed by atoms with Gasteiger partial charge in [0.05, 0.1) is 11.2 Å². The molecular weight excluding hydrogens is 701 g/mol. The first-order valence-corrected chi connectivity index (χ1v) is 21.2. The summed E-state index contributed by atoms with van der Waals surface area (Å²) in [6.45, 7) is 16.4. The molecule has 2 heterocycles. The van der Waals surface area contributed by atoms with E-state index in [1.54, 1.807) is 0 Å². The molecule has 0 saturated heterocycles. The van der Waals surface area contributed by atoms with E-state index in [1.165, 1.54) is 33.3 Å². The van der Waals surface area contributed by atoms with Crippen molar-refractivity contribution in [2.45, 2.75) is 71.1 Å². The molecule has 1 unspecified atom stereocenters. The van der Waals surface area contributed by atoms with Crippen molar-refractivity contribution < 1.29 is 26.3 Å². The van der Waals surface area contributed by atoms with E-state index in [2.05, 4.69) is 117 Å². The molecule has 0 bridgehead atoms. The summed E-state index contributed by atoms with van der Waals surface area (Å²) >= 11 is -1.79. The maximum Gasteiger partial charge on any atom is 0.264 e. The van der Waals surface area contributed by atoms with Crippen LogP contribution in [0.15, 0.2) is 109 Å². The van der Waals surface area contributed by atoms with Crippen LogP contribution in [0.3, 0.4) is 0 Å². The SMILES string of the molecule is C=Cc1ccc2c(c1/C=C\C)C(C)(C)C(/C=C/C=C/C=C/C=C1\N(CCCCS(=O)O)c3ccc4ccccc4c3C1(C)C)=[N+]2CCCCS(=O)(=O)O. The first kappa shape index (κ1) is 40.0. The molecule has 0 fully saturated rings. The first-order valence-electron chi connectivity index (χ1n) is 18.3. The predicted molar refractivity (Wildman–Crippen MR) is 224 cm³/mol. The van der Waals surface area contributed by atoms with E-state index < -0.39 is 21.2 Å². The molecule has 0 spiro atoms. The van der Waals surface area contributed by atoms with Gasteiger partial charge in [0.2, 0.25) is 5.69 Å². The van der Waals surface area contributed by atoms with Gasteiger partial charge in [-0.05, 0) is 85.7 Å². The van der Waals surface area contributed by atoms with Crippen LogP contribution >= 0.6 is 0 Å². The van der Waals surface area contributed by atoms with Crippen LogP contribution in [-0.2, 0) is 32.0 Å². The third kappa shape index (κ3) is 8.81. The average Bonchev–Trinajstić information content (AvgIpc) is 3.46. The molecule has 1 atom stereocenters. The fourth-order valence-electron chi connectivity index (χ4n) is 7.98. The lowest BCUT2D eigenvalue weighted by molar-refractivity contribution is -0.438. The largest absolute Gasteiger partial charge is 0.344 e. The maximum atomic E-state index is 11.4. The van der Waals surface area contributed by atoms with Gasteiger partial charge in [0, 0.05) is 53.2 Å². The molecule has 53 heavy (non-hydrogen) atoms. The second-order valence-corrected chi connectivity index (χ2v) is 17.3. The Kier molecular flexibility index (Phi) is 12.8. The van der Waals surface area contributed by atoms with E-state index in [1.807, 2.05) is 43.4 Å². The highest BCUT2D eigenvalue weighted by molar-refractivity contribution is 7.85. The molecule has 3 aromatic rings. The number of hydrogen-bond donors (Lipinski definition) is 2. The van der Waals surface area contributed by atoms with Crippen LogP contribution in [0.5, 0.6) is 0 Å². The number of allylic oxidation sites excluding steroid dienone is 9. The van der Waals surface area contributed by atoms with Crippen molar-refractivity contribution in [3.05, 3.63) is 132 Å². The number of rotatable bonds is 16. The molecule has 0 aromatic heterocycles. The Balaban J connectivity index is 1.42. The fourth-order valence-corrected chi connectivity index (χ4v) is 9.00. The Morgan fingerprint density at radius 2 is 1.60 bits per heavy atom. The number of benzene rings is 3. The molecule has 2 aliphatic rings. The zero-order valence-electron chi connectivity index (χ0n) is 31.6. The van der Waals surface area contributed by atoms with E-state index in [0.29, 0.717) is 25.8 Å². The van der Waals surface area contributed by atoms with Crippen LogP contribution < -0.4 is 4.90 Å². The summed E-state index contributed by atoms with van der Waals surface area (Å²) in [7, 11) is -4.01. The lowest BCUT2D eigenvalue weighted by Crippen LogP contribution is -2.28. The first-order chi connectivity index (χ1) is 25.2. The minimum Gasteiger partial charge on any atom is -0.344 e. The second-order valence-electron chi connectivity index (χ2n) is 14.7. The van der Waals surface area contributed by atoms with Crippen molar-refractivity contribution in [1.82, 2.24) is 0 Å². The van der Waals surface area contributed by atoms with Crippen molar-refractivity contribution in [2.75, 3.05) is 29.5 Å². The highest BCUT2D eigenvalue weighted by Crippen LogP contribution is 2.51. The summed E-state index contributed by atoms with van der Waals surface area (Å²) < 4.78 is 55.0. The Morgan fingerprint density at radius 1 is 0.868 bits per heavy atom. The van der Waals surface area contributed by atoms with Crippen LogP contribution in [0.1, 0.15) is 82.6 Å². The van der Waals surface area contributed by atoms with Crippen molar-refractivity contribution in [3.8, 4) is 0 Å². The fraction of sp³-hybridized carbons (Fsp3) is 0.341. The lowest BCUT2D eigenvalue weighted by atomic mass is 9.77. The molecule has 2 aliphatic heterocycles. The van der Waals surface area contributed by atoms with Gasteiger partial charge in [0.15, 0.2) is 16.8 Å². The standard InChI is InChI=1S/C44H52N2O5S2/c1-7-20-35-33(8-2)25-27-37-41(35)43(3,4)39(46(37)30-17-19-32-53(49,50)51)23-12-10-9-11-13-24-40-44(5,6)42-36-22-15-14-21-34(36)26-28-38(42)45(40)29-16-18-31-52(47)48/h7-15,20-28H,2,16-19,29-32H2,1,3-6H3,(H-,47,48,49,50,51)/p+1/b20-7-. The lowest BCUT2D eigenvalue weighted by Gasteiger charge is -2.27. The highest BCUT2D eigenvalue weighted by Gasteiger charge is 2.46. The number of fused-ring (bicyclic) bond motifs is 4. The minimum atomic E-state index is -4.01. The Hall–Kier alpha value is -4.15. The van der Waals surface area contributed by atoms with E-state index >= 15 is 0 Å². The third-order valence-corrected chi connectivity index (χ3v) is 11.8. The summed E-state index contributed by atoms with van der Waals surface area (Å²) in [5.41, 5.74) is 8.71. The van der Waals surface area contributed by atoms with Crippen molar-refractivity contribution in [2.24, 2.45) is 0 Å². The Labute approximate surface area is 318 Å². The molecule has 0 saturated carbocycles. The van der Waals surface area contributed by atoms with Gasteiger partial charge >= 0.3 is 0 Å². The molecule has 2 N–H and O–H groups in total. The minimum absolute atomic E-state index is 0.244. The Morgan fingerprint density at radius 3 is 2.32 bits per heavy atom. The van der Waals surface area contributed by atoms with Gasteiger partial charge in [0.25, 0.3) is 10.1 Å². The van der Waals surface area contributed by atoms with Gasteiger partial charge in [-0.15, -0.1) is 0 Å². The van der Waals surface area contributed by atoms with E-state index in [9.17, 15) is 21.7 Å². The molecule has 0 amide bonds. The summed E-state index contributed by atoms with van der Waals surface area (Å²) in [6, 6.07) is 17.1. The van der Waals surface area contributed by atoms with Crippen LogP contribution in [0.4, 0.5) is 11.4 Å². The molecule has 5 rings (SSSR count). The van der Waals surface area contributed by atoms with Gasteiger partial charge in [-0.1, -0.05) is 99.4 Å². The highest BCUT2D eigenvalue weighted by atomic mass is 32.2. The molecule has 7 nitrogen and oxygen atoms in total. The summed E-state index contributed by atoms with van der Waals surface area (Å²) in [5.74, 6) is 0.0241. The van der Waals surface area contributed by atoms with Crippen molar-refractivity contribution >= 4 is 61.2 Å². The molecule has 0 radical (unpaired) electrons. The van der Waals surface area contributed by atoms with E-state index in [0.717, 1.165) is 35.5 Å². The summed E-state index contributed by atoms with van der Waals surface area (Å²) in [6.07, 6.45) is 23.1. The van der Waals surface area contributed by atoms with Crippen LogP contribution in [0, 0.1) is 0 Å². The number of nitrogens with zero attached hydrogens (tertiary/aromatic N) is 2. The van der Waals surface area contributed by atoms with Gasteiger partial charge in [-0.3, -0.25) is 4.55 Å². The van der Waals surface area contributed by atoms with Gasteiger partial charge in [0.1, 0.15) is 6.54 Å². The Bertz CT molecular complexity index is 2190. The summed E-state index contributed by atoms with van der Waals surface area (Å²) in [5, 5.41) is 2.46. The predicted octanol–water partition coefficient (Wildman–Crippen LogP) is 9.91. The monoisotopic (exact) mass is 753 g/mol. The van der Waals surface area contributed by atoms with E-state index in [4.69, 9.17) is 0 Å². The van der Waals surface area contributed by atoms with Gasteiger partial charge in [-0.2, -0.15) is 13.0 Å². The molecular formula is C44H53N2O5S2+. The molecule has 280 valence electrons. The smallest absolute Gasteiger partial charge is 0.264 e. The van der Waals surface area contributed by atoms with Crippen LogP contribution in [0.25, 0.3) is 22.9 Å². The van der Waals surface area contributed by atoms with Crippen molar-refractivity contribution in [1.29, 1.82) is 0 Å². The molecule has 9 heteroatoms. The molecule has 3 aromatic carbocycles.